The maximum atomic E-state index is 11.3. The third kappa shape index (κ3) is 2.34. The van der Waals surface area contributed by atoms with Gasteiger partial charge in [-0.25, -0.2) is 0 Å². The standard InChI is InChI=1S/C12H14O2/c1-9-3-2-4-11(7-9)14-8-12(13)10-5-6-10/h2-4,7,10H,5-6,8H2,1H3. The molecule has 0 saturated heterocycles. The van der Waals surface area contributed by atoms with E-state index in [9.17, 15) is 4.79 Å². The fraction of sp³-hybridized carbons (Fsp3) is 0.417. The molecule has 0 amide bonds. The second-order valence-corrected chi connectivity index (χ2v) is 3.85. The molecular weight excluding hydrogens is 176 g/mol. The zero-order valence-corrected chi connectivity index (χ0v) is 8.32. The molecule has 1 saturated carbocycles. The maximum absolute atomic E-state index is 11.3. The molecule has 0 radical (unpaired) electrons. The molecule has 1 fully saturated rings. The summed E-state index contributed by atoms with van der Waals surface area (Å²) in [5.41, 5.74) is 1.15. The van der Waals surface area contributed by atoms with Gasteiger partial charge in [-0.1, -0.05) is 12.1 Å². The maximum Gasteiger partial charge on any atom is 0.173 e. The summed E-state index contributed by atoms with van der Waals surface area (Å²) in [6.45, 7) is 2.24. The Morgan fingerprint density at radius 2 is 2.29 bits per heavy atom. The van der Waals surface area contributed by atoms with Crippen molar-refractivity contribution in [2.45, 2.75) is 19.8 Å². The van der Waals surface area contributed by atoms with Gasteiger partial charge in [0.25, 0.3) is 0 Å². The van der Waals surface area contributed by atoms with Crippen LogP contribution in [0, 0.1) is 12.8 Å². The molecule has 0 N–H and O–H groups in total. The number of Topliss-reactive ketones (excluding diaryl/α,β-unsaturated/α-hetero) is 1. The molecule has 0 aromatic heterocycles. The van der Waals surface area contributed by atoms with Crippen LogP contribution in [-0.4, -0.2) is 12.4 Å². The average molecular weight is 190 g/mol. The van der Waals surface area contributed by atoms with Gasteiger partial charge in [-0.05, 0) is 37.5 Å². The van der Waals surface area contributed by atoms with E-state index in [4.69, 9.17) is 4.74 Å². The number of hydrogen-bond donors (Lipinski definition) is 0. The topological polar surface area (TPSA) is 26.3 Å². The van der Waals surface area contributed by atoms with E-state index in [1.54, 1.807) is 0 Å². The van der Waals surface area contributed by atoms with E-state index in [1.165, 1.54) is 0 Å². The summed E-state index contributed by atoms with van der Waals surface area (Å²) in [7, 11) is 0. The van der Waals surface area contributed by atoms with Gasteiger partial charge in [0.05, 0.1) is 0 Å². The number of ketones is 1. The van der Waals surface area contributed by atoms with E-state index >= 15 is 0 Å². The van der Waals surface area contributed by atoms with Crippen LogP contribution in [0.15, 0.2) is 24.3 Å². The number of benzene rings is 1. The molecule has 14 heavy (non-hydrogen) atoms. The monoisotopic (exact) mass is 190 g/mol. The van der Waals surface area contributed by atoms with E-state index in [2.05, 4.69) is 0 Å². The molecule has 0 heterocycles. The molecule has 0 unspecified atom stereocenters. The normalized spacial score (nSPS) is 15.2. The smallest absolute Gasteiger partial charge is 0.173 e. The average Bonchev–Trinajstić information content (AvgIpc) is 2.97. The van der Waals surface area contributed by atoms with Crippen molar-refractivity contribution in [1.29, 1.82) is 0 Å². The van der Waals surface area contributed by atoms with E-state index < -0.39 is 0 Å². The van der Waals surface area contributed by atoms with Crippen LogP contribution < -0.4 is 4.74 Å². The fourth-order valence-electron chi connectivity index (χ4n) is 1.38. The molecule has 1 aliphatic rings. The molecule has 1 aromatic carbocycles. The van der Waals surface area contributed by atoms with Crippen molar-refractivity contribution in [2.75, 3.05) is 6.61 Å². The molecular formula is C12H14O2. The van der Waals surface area contributed by atoms with Crippen molar-refractivity contribution in [3.05, 3.63) is 29.8 Å². The summed E-state index contributed by atoms with van der Waals surface area (Å²) in [5, 5.41) is 0. The Kier molecular flexibility index (Phi) is 2.53. The summed E-state index contributed by atoms with van der Waals surface area (Å²) in [6.07, 6.45) is 2.10. The molecule has 1 aliphatic carbocycles. The first-order chi connectivity index (χ1) is 6.75. The van der Waals surface area contributed by atoms with Crippen LogP contribution in [-0.2, 0) is 4.79 Å². The minimum absolute atomic E-state index is 0.230. The lowest BCUT2D eigenvalue weighted by atomic mass is 10.2. The van der Waals surface area contributed by atoms with E-state index in [0.717, 1.165) is 24.2 Å². The van der Waals surface area contributed by atoms with Crippen LogP contribution in [0.3, 0.4) is 0 Å². The van der Waals surface area contributed by atoms with Crippen molar-refractivity contribution in [3.63, 3.8) is 0 Å². The second-order valence-electron chi connectivity index (χ2n) is 3.85. The van der Waals surface area contributed by atoms with Gasteiger partial charge in [0.2, 0.25) is 0 Å². The van der Waals surface area contributed by atoms with Crippen molar-refractivity contribution < 1.29 is 9.53 Å². The van der Waals surface area contributed by atoms with Gasteiger partial charge in [-0.3, -0.25) is 4.79 Å². The van der Waals surface area contributed by atoms with Crippen LogP contribution >= 0.6 is 0 Å². The Labute approximate surface area is 83.9 Å². The lowest BCUT2D eigenvalue weighted by molar-refractivity contribution is -0.122. The molecule has 0 bridgehead atoms. The number of carbonyl (C=O) groups excluding carboxylic acids is 1. The van der Waals surface area contributed by atoms with Crippen molar-refractivity contribution in [2.24, 2.45) is 5.92 Å². The molecule has 2 heteroatoms. The van der Waals surface area contributed by atoms with Gasteiger partial charge < -0.3 is 4.74 Å². The number of carbonyl (C=O) groups is 1. The molecule has 0 aliphatic heterocycles. The van der Waals surface area contributed by atoms with Crippen LogP contribution in [0.2, 0.25) is 0 Å². The van der Waals surface area contributed by atoms with E-state index in [-0.39, 0.29) is 12.4 Å². The first-order valence-electron chi connectivity index (χ1n) is 4.98. The zero-order chi connectivity index (χ0) is 9.97. The summed E-state index contributed by atoms with van der Waals surface area (Å²) < 4.78 is 5.40. The van der Waals surface area contributed by atoms with Gasteiger partial charge >= 0.3 is 0 Å². The Hall–Kier alpha value is -1.31. The third-order valence-electron chi connectivity index (χ3n) is 2.40. The van der Waals surface area contributed by atoms with Crippen LogP contribution in [0.1, 0.15) is 18.4 Å². The molecule has 2 nitrogen and oxygen atoms in total. The quantitative estimate of drug-likeness (QED) is 0.728. The summed E-state index contributed by atoms with van der Waals surface area (Å²) in [4.78, 5) is 11.3. The van der Waals surface area contributed by atoms with Crippen LogP contribution in [0.5, 0.6) is 5.75 Å². The van der Waals surface area contributed by atoms with Gasteiger partial charge in [-0.15, -0.1) is 0 Å². The Morgan fingerprint density at radius 3 is 2.93 bits per heavy atom. The first-order valence-corrected chi connectivity index (χ1v) is 4.98. The Bertz CT molecular complexity index is 340. The SMILES string of the molecule is Cc1cccc(OCC(=O)C2CC2)c1. The third-order valence-corrected chi connectivity index (χ3v) is 2.40. The molecule has 1 aromatic rings. The second kappa shape index (κ2) is 3.82. The highest BCUT2D eigenvalue weighted by Crippen LogP contribution is 2.29. The predicted molar refractivity (Wildman–Crippen MR) is 54.4 cm³/mol. The number of hydrogen-bond acceptors (Lipinski definition) is 2. The zero-order valence-electron chi connectivity index (χ0n) is 8.32. The largest absolute Gasteiger partial charge is 0.486 e. The van der Waals surface area contributed by atoms with Gasteiger partial charge in [0.1, 0.15) is 12.4 Å². The Morgan fingerprint density at radius 1 is 1.50 bits per heavy atom. The van der Waals surface area contributed by atoms with Crippen molar-refractivity contribution in [1.82, 2.24) is 0 Å². The highest BCUT2D eigenvalue weighted by atomic mass is 16.5. The van der Waals surface area contributed by atoms with Gasteiger partial charge in [0, 0.05) is 5.92 Å². The van der Waals surface area contributed by atoms with Crippen molar-refractivity contribution in [3.8, 4) is 5.75 Å². The minimum atomic E-state index is 0.230. The van der Waals surface area contributed by atoms with Gasteiger partial charge in [0.15, 0.2) is 5.78 Å². The van der Waals surface area contributed by atoms with E-state index in [0.29, 0.717) is 5.92 Å². The highest BCUT2D eigenvalue weighted by molar-refractivity contribution is 5.84. The molecule has 0 atom stereocenters. The predicted octanol–water partition coefficient (Wildman–Crippen LogP) is 2.35. The fourth-order valence-corrected chi connectivity index (χ4v) is 1.38. The number of rotatable bonds is 4. The molecule has 2 rings (SSSR count). The summed E-state index contributed by atoms with van der Waals surface area (Å²) in [6, 6.07) is 7.77. The lowest BCUT2D eigenvalue weighted by Crippen LogP contribution is -2.12. The lowest BCUT2D eigenvalue weighted by Gasteiger charge is -2.05. The summed E-state index contributed by atoms with van der Waals surface area (Å²) in [5.74, 6) is 1.32. The Balaban J connectivity index is 1.87. The first kappa shape index (κ1) is 9.25. The van der Waals surface area contributed by atoms with Crippen molar-refractivity contribution >= 4 is 5.78 Å². The van der Waals surface area contributed by atoms with E-state index in [1.807, 2.05) is 31.2 Å². The number of aryl methyl sites for hydroxylation is 1. The molecule has 0 spiro atoms. The minimum Gasteiger partial charge on any atom is -0.486 e. The van der Waals surface area contributed by atoms with Crippen LogP contribution in [0.25, 0.3) is 0 Å². The highest BCUT2D eigenvalue weighted by Gasteiger charge is 2.29. The number of ether oxygens (including phenoxy) is 1. The van der Waals surface area contributed by atoms with Gasteiger partial charge in [-0.2, -0.15) is 0 Å². The summed E-state index contributed by atoms with van der Waals surface area (Å²) >= 11 is 0. The van der Waals surface area contributed by atoms with Crippen LogP contribution in [0.4, 0.5) is 0 Å². The molecule has 74 valence electrons.